The highest BCUT2D eigenvalue weighted by Crippen LogP contribution is 2.32. The summed E-state index contributed by atoms with van der Waals surface area (Å²) in [7, 11) is 0. The number of nitrogens with zero attached hydrogens (tertiary/aromatic N) is 2. The Morgan fingerprint density at radius 3 is 1.91 bits per heavy atom. The standard InChI is InChI=1S/C11H21NO.C8H17N.C3H6O2.CH2N2O2/c1-5-10(13)12-8-6-7-9(12)11(2,3)4;1-8(2,3)7-5-4-6-9-7;1-2-3(4)5;2-1-3-5-4/h9H,5-8H2,1-4H3;7,9H,4-6H2,1-3H3;2H2,1H3,(H,4,5);2,4H. The topological polar surface area (TPSA) is 135 Å². The number of carboxylic acid groups (broad SMARTS) is 1. The Kier molecular flexibility index (Phi) is 16.8. The smallest absolute Gasteiger partial charge is 0.303 e. The van der Waals surface area contributed by atoms with Crippen LogP contribution in [0, 0.1) is 16.2 Å². The van der Waals surface area contributed by atoms with Crippen LogP contribution in [-0.2, 0) is 14.6 Å². The molecule has 0 aromatic heterocycles. The van der Waals surface area contributed by atoms with Gasteiger partial charge in [-0.3, -0.25) is 9.59 Å². The van der Waals surface area contributed by atoms with Gasteiger partial charge in [0.2, 0.25) is 5.91 Å². The molecule has 2 fully saturated rings. The van der Waals surface area contributed by atoms with E-state index in [1.807, 2.05) is 6.92 Å². The summed E-state index contributed by atoms with van der Waals surface area (Å²) < 4.78 is 0. The second-order valence-corrected chi connectivity index (χ2v) is 10.0. The molecular weight excluding hydrogens is 412 g/mol. The zero-order valence-electron chi connectivity index (χ0n) is 21.3. The van der Waals surface area contributed by atoms with Crippen LogP contribution in [0.3, 0.4) is 0 Å². The lowest BCUT2D eigenvalue weighted by Crippen LogP contribution is -2.42. The molecule has 0 aromatic rings. The number of carbonyl (C=O) groups is 2. The number of nitrogens with one attached hydrogen (secondary N) is 2. The third kappa shape index (κ3) is 14.9. The summed E-state index contributed by atoms with van der Waals surface area (Å²) in [6.45, 7) is 19.3. The number of rotatable bonds is 3. The van der Waals surface area contributed by atoms with Crippen LogP contribution in [0.4, 0.5) is 0 Å². The highest BCUT2D eigenvalue weighted by Gasteiger charge is 2.35. The lowest BCUT2D eigenvalue weighted by molar-refractivity contribution is -0.242. The second kappa shape index (κ2) is 16.6. The Balaban J connectivity index is 0. The van der Waals surface area contributed by atoms with Gasteiger partial charge in [0, 0.05) is 36.6 Å². The molecule has 2 saturated heterocycles. The maximum atomic E-state index is 11.6. The van der Waals surface area contributed by atoms with Crippen molar-refractivity contribution >= 4 is 17.9 Å². The van der Waals surface area contributed by atoms with E-state index in [0.29, 0.717) is 23.8 Å². The monoisotopic (exact) mass is 458 g/mol. The lowest BCUT2D eigenvalue weighted by atomic mass is 9.85. The van der Waals surface area contributed by atoms with Gasteiger partial charge in [-0.1, -0.05) is 55.4 Å². The first kappa shape index (κ1) is 32.2. The van der Waals surface area contributed by atoms with Gasteiger partial charge in [0.25, 0.3) is 0 Å². The Morgan fingerprint density at radius 1 is 1.09 bits per heavy atom. The molecule has 0 radical (unpaired) electrons. The predicted octanol–water partition coefficient (Wildman–Crippen LogP) is 4.84. The summed E-state index contributed by atoms with van der Waals surface area (Å²) in [5.74, 6) is -0.428. The molecule has 9 nitrogen and oxygen atoms in total. The van der Waals surface area contributed by atoms with Gasteiger partial charge in [-0.15, -0.1) is 0 Å². The van der Waals surface area contributed by atoms with Crippen molar-refractivity contribution in [2.24, 2.45) is 16.0 Å². The highest BCUT2D eigenvalue weighted by atomic mass is 17.2. The van der Waals surface area contributed by atoms with Crippen LogP contribution in [0.1, 0.15) is 93.9 Å². The van der Waals surface area contributed by atoms with Crippen molar-refractivity contribution in [2.75, 3.05) is 13.1 Å². The summed E-state index contributed by atoms with van der Waals surface area (Å²) in [5, 5.41) is 26.8. The molecule has 2 rings (SSSR count). The number of hydrogen-bond acceptors (Lipinski definition) is 7. The van der Waals surface area contributed by atoms with Crippen LogP contribution in [0.15, 0.2) is 5.16 Å². The Morgan fingerprint density at radius 2 is 1.66 bits per heavy atom. The molecule has 1 amide bonds. The van der Waals surface area contributed by atoms with Crippen LogP contribution in [0.2, 0.25) is 0 Å². The Hall–Kier alpha value is -1.96. The Labute approximate surface area is 194 Å². The second-order valence-electron chi connectivity index (χ2n) is 10.0. The minimum Gasteiger partial charge on any atom is -0.481 e. The number of aliphatic carboxylic acids is 1. The summed E-state index contributed by atoms with van der Waals surface area (Å²) in [6.07, 6.45) is 5.95. The number of carbonyl (C=O) groups excluding carboxylic acids is 1. The number of carboxylic acids is 1. The normalized spacial score (nSPS) is 19.7. The molecule has 4 N–H and O–H groups in total. The average Bonchev–Trinajstić information content (AvgIpc) is 3.40. The fraction of sp³-hybridized carbons (Fsp3) is 0.870. The van der Waals surface area contributed by atoms with E-state index in [1.54, 1.807) is 6.92 Å². The van der Waals surface area contributed by atoms with E-state index in [0.717, 1.165) is 12.6 Å². The van der Waals surface area contributed by atoms with Crippen molar-refractivity contribution in [3.05, 3.63) is 0 Å². The molecule has 9 heteroatoms. The van der Waals surface area contributed by atoms with Crippen LogP contribution < -0.4 is 5.32 Å². The minimum absolute atomic E-state index is 0.222. The van der Waals surface area contributed by atoms with Crippen molar-refractivity contribution in [2.45, 2.75) is 106 Å². The lowest BCUT2D eigenvalue weighted by Gasteiger charge is -2.35. The zero-order chi connectivity index (χ0) is 25.4. The van der Waals surface area contributed by atoms with E-state index in [1.165, 1.54) is 38.2 Å². The van der Waals surface area contributed by atoms with Gasteiger partial charge in [-0.2, -0.15) is 5.26 Å². The molecule has 0 saturated carbocycles. The fourth-order valence-corrected chi connectivity index (χ4v) is 3.61. The molecule has 0 spiro atoms. The molecular formula is C23H46N4O5. The zero-order valence-corrected chi connectivity index (χ0v) is 21.3. The molecule has 2 heterocycles. The molecule has 2 aliphatic heterocycles. The van der Waals surface area contributed by atoms with Gasteiger partial charge < -0.3 is 15.3 Å². The first-order valence-corrected chi connectivity index (χ1v) is 11.4. The number of amides is 1. The third-order valence-electron chi connectivity index (χ3n) is 5.37. The van der Waals surface area contributed by atoms with Gasteiger partial charge in [0.1, 0.15) is 6.01 Å². The quantitative estimate of drug-likeness (QED) is 0.271. The third-order valence-corrected chi connectivity index (χ3v) is 5.37. The molecule has 0 aromatic carbocycles. The molecule has 188 valence electrons. The fourth-order valence-electron chi connectivity index (χ4n) is 3.61. The van der Waals surface area contributed by atoms with Crippen LogP contribution >= 0.6 is 0 Å². The summed E-state index contributed by atoms with van der Waals surface area (Å²) in [6, 6.07) is 2.64. The van der Waals surface area contributed by atoms with Crippen molar-refractivity contribution in [1.82, 2.24) is 10.2 Å². The van der Waals surface area contributed by atoms with Gasteiger partial charge in [-0.25, -0.2) is 10.4 Å². The average molecular weight is 459 g/mol. The summed E-state index contributed by atoms with van der Waals surface area (Å²) in [4.78, 5) is 26.1. The van der Waals surface area contributed by atoms with Crippen LogP contribution in [0.5, 0.6) is 0 Å². The first-order chi connectivity index (χ1) is 14.8. The number of likely N-dealkylation sites (tertiary alicyclic amines) is 1. The van der Waals surface area contributed by atoms with E-state index >= 15 is 0 Å². The van der Waals surface area contributed by atoms with E-state index < -0.39 is 5.97 Å². The van der Waals surface area contributed by atoms with Crippen molar-refractivity contribution in [1.29, 1.82) is 5.41 Å². The molecule has 2 unspecified atom stereocenters. The van der Waals surface area contributed by atoms with E-state index in [9.17, 15) is 9.59 Å². The highest BCUT2D eigenvalue weighted by molar-refractivity contribution is 5.76. The van der Waals surface area contributed by atoms with Crippen molar-refractivity contribution < 1.29 is 24.9 Å². The van der Waals surface area contributed by atoms with Gasteiger partial charge in [-0.05, 0) is 43.1 Å². The SMILES string of the molecule is CC(C)(C)C1CCCN1.CCC(=O)N1CCCC1C(C)(C)C.CCC(=O)O.N=C=NOO. The molecule has 2 aliphatic rings. The van der Waals surface area contributed by atoms with Gasteiger partial charge in [0.05, 0.1) is 0 Å². The van der Waals surface area contributed by atoms with Gasteiger partial charge in [0.15, 0.2) is 0 Å². The van der Waals surface area contributed by atoms with E-state index in [-0.39, 0.29) is 11.8 Å². The summed E-state index contributed by atoms with van der Waals surface area (Å²) in [5.41, 5.74) is 0.706. The largest absolute Gasteiger partial charge is 0.481 e. The predicted molar refractivity (Wildman–Crippen MR) is 127 cm³/mol. The van der Waals surface area contributed by atoms with E-state index in [4.69, 9.17) is 15.8 Å². The maximum Gasteiger partial charge on any atom is 0.303 e. The molecule has 32 heavy (non-hydrogen) atoms. The minimum atomic E-state index is -0.745. The van der Waals surface area contributed by atoms with Crippen LogP contribution in [0.25, 0.3) is 0 Å². The maximum absolute atomic E-state index is 11.6. The van der Waals surface area contributed by atoms with Crippen molar-refractivity contribution in [3.63, 3.8) is 0 Å². The van der Waals surface area contributed by atoms with E-state index in [2.05, 4.69) is 61.9 Å². The van der Waals surface area contributed by atoms with Gasteiger partial charge >= 0.3 is 5.97 Å². The molecule has 0 aliphatic carbocycles. The molecule has 2 atom stereocenters. The number of hydrogen-bond donors (Lipinski definition) is 4. The summed E-state index contributed by atoms with van der Waals surface area (Å²) >= 11 is 0. The Bertz CT molecular complexity index is 570. The first-order valence-electron chi connectivity index (χ1n) is 11.4. The molecule has 0 bridgehead atoms. The van der Waals surface area contributed by atoms with Crippen LogP contribution in [-0.4, -0.2) is 58.3 Å². The van der Waals surface area contributed by atoms with Crippen molar-refractivity contribution in [3.8, 4) is 0 Å².